The Hall–Kier alpha value is -3.07. The first-order valence-electron chi connectivity index (χ1n) is 12.7. The first-order chi connectivity index (χ1) is 19.2. The topological polar surface area (TPSA) is 87.3 Å². The highest BCUT2D eigenvalue weighted by Gasteiger charge is 2.72. The van der Waals surface area contributed by atoms with E-state index in [2.05, 4.69) is 10.6 Å². The van der Waals surface area contributed by atoms with E-state index in [1.165, 1.54) is 0 Å². The molecule has 0 saturated heterocycles. The van der Waals surface area contributed by atoms with Crippen LogP contribution in [0.2, 0.25) is 0 Å². The van der Waals surface area contributed by atoms with Gasteiger partial charge in [-0.05, 0) is 63.1 Å². The van der Waals surface area contributed by atoms with Gasteiger partial charge in [-0.25, -0.2) is 14.6 Å². The Labute approximate surface area is 234 Å². The average Bonchev–Trinajstić information content (AvgIpc) is 2.86. The second-order valence-corrected chi connectivity index (χ2v) is 9.26. The summed E-state index contributed by atoms with van der Waals surface area (Å²) in [5.74, 6) is 0. The molecule has 0 fully saturated rings. The number of halogens is 6. The number of carbonyl (C=O) groups is 1. The lowest BCUT2D eigenvalue weighted by Gasteiger charge is -2.38. The van der Waals surface area contributed by atoms with Crippen molar-refractivity contribution < 1.29 is 55.1 Å². The van der Waals surface area contributed by atoms with Gasteiger partial charge in [-0.3, -0.25) is 5.32 Å². The number of benzene rings is 2. The van der Waals surface area contributed by atoms with Crippen LogP contribution in [0, 0.1) is 0 Å². The summed E-state index contributed by atoms with van der Waals surface area (Å²) in [5.41, 5.74) is -6.33. The van der Waals surface area contributed by atoms with Crippen molar-refractivity contribution in [2.24, 2.45) is 0 Å². The third-order valence-corrected chi connectivity index (χ3v) is 5.54. The molecule has 2 rings (SSSR count). The molecule has 2 N–H and O–H groups in total. The average molecular weight is 597 g/mol. The molecule has 1 amide bonds. The summed E-state index contributed by atoms with van der Waals surface area (Å²) >= 11 is 0. The Morgan fingerprint density at radius 2 is 1.15 bits per heavy atom. The number of rotatable bonds is 15. The summed E-state index contributed by atoms with van der Waals surface area (Å²) in [6.45, 7) is 7.47. The van der Waals surface area contributed by atoms with E-state index in [0.29, 0.717) is 12.1 Å². The Kier molecular flexibility index (Phi) is 12.7. The Morgan fingerprint density at radius 3 is 1.61 bits per heavy atom. The van der Waals surface area contributed by atoms with Crippen LogP contribution in [-0.4, -0.2) is 63.8 Å². The number of ether oxygens (including phenoxy) is 3. The highest BCUT2D eigenvalue weighted by molar-refractivity contribution is 5.84. The second kappa shape index (κ2) is 15.2. The van der Waals surface area contributed by atoms with E-state index >= 15 is 0 Å². The Bertz CT molecular complexity index is 1050. The van der Waals surface area contributed by atoms with Crippen molar-refractivity contribution in [3.8, 4) is 0 Å². The Morgan fingerprint density at radius 1 is 0.683 bits per heavy atom. The molecule has 0 aliphatic heterocycles. The van der Waals surface area contributed by atoms with Crippen LogP contribution in [0.25, 0.3) is 0 Å². The molecule has 41 heavy (non-hydrogen) atoms. The van der Waals surface area contributed by atoms with Crippen LogP contribution in [0.15, 0.2) is 48.5 Å². The van der Waals surface area contributed by atoms with Gasteiger partial charge in [0.15, 0.2) is 6.73 Å². The van der Waals surface area contributed by atoms with Crippen molar-refractivity contribution >= 4 is 17.5 Å². The van der Waals surface area contributed by atoms with Crippen molar-refractivity contribution in [1.82, 2.24) is 0 Å². The molecule has 14 heteroatoms. The second-order valence-electron chi connectivity index (χ2n) is 9.26. The van der Waals surface area contributed by atoms with Crippen LogP contribution in [0.4, 0.5) is 42.5 Å². The van der Waals surface area contributed by atoms with Gasteiger partial charge in [-0.15, -0.1) is 0 Å². The first-order valence-corrected chi connectivity index (χ1v) is 12.7. The number of amides is 1. The summed E-state index contributed by atoms with van der Waals surface area (Å²) in [7, 11) is 0. The zero-order valence-corrected chi connectivity index (χ0v) is 23.0. The number of hydrogen-bond acceptors (Lipinski definition) is 7. The van der Waals surface area contributed by atoms with E-state index in [1.54, 1.807) is 13.8 Å². The minimum absolute atomic E-state index is 0.00865. The summed E-state index contributed by atoms with van der Waals surface area (Å²) in [6, 6.07) is 6.83. The molecule has 2 aromatic rings. The predicted octanol–water partition coefficient (Wildman–Crippen LogP) is 6.81. The molecule has 0 saturated carbocycles. The molecule has 0 aliphatic rings. The van der Waals surface area contributed by atoms with Crippen molar-refractivity contribution in [3.63, 3.8) is 0 Å². The SMILES string of the molecule is CC(C)OCCOOCNc1ccc(C(c2ccc(NC(=O)OCCOC(C)C)cc2)(C(F)(F)F)C(F)(F)F)cc1. The van der Waals surface area contributed by atoms with Gasteiger partial charge in [0.1, 0.15) is 13.2 Å². The van der Waals surface area contributed by atoms with E-state index < -0.39 is 35.0 Å². The molecule has 8 nitrogen and oxygen atoms in total. The van der Waals surface area contributed by atoms with Gasteiger partial charge in [0.2, 0.25) is 5.41 Å². The first kappa shape index (κ1) is 34.1. The quantitative estimate of drug-likeness (QED) is 0.0768. The molecule has 0 aromatic heterocycles. The maximum Gasteiger partial charge on any atom is 0.411 e. The molecule has 0 spiro atoms. The van der Waals surface area contributed by atoms with E-state index in [-0.39, 0.29) is 56.7 Å². The molecule has 0 bridgehead atoms. The lowest BCUT2D eigenvalue weighted by molar-refractivity contribution is -0.295. The number of hydrogen-bond donors (Lipinski definition) is 2. The number of anilines is 2. The van der Waals surface area contributed by atoms with Gasteiger partial charge < -0.3 is 19.5 Å². The minimum Gasteiger partial charge on any atom is -0.447 e. The molecular weight excluding hydrogens is 562 g/mol. The van der Waals surface area contributed by atoms with Crippen LogP contribution >= 0.6 is 0 Å². The summed E-state index contributed by atoms with van der Waals surface area (Å²) in [5, 5.41) is 4.94. The normalized spacial score (nSPS) is 12.6. The fourth-order valence-corrected chi connectivity index (χ4v) is 3.73. The molecule has 230 valence electrons. The van der Waals surface area contributed by atoms with Crippen molar-refractivity contribution in [3.05, 3.63) is 59.7 Å². The van der Waals surface area contributed by atoms with Crippen molar-refractivity contribution in [2.45, 2.75) is 57.7 Å². The van der Waals surface area contributed by atoms with Crippen LogP contribution in [0.1, 0.15) is 38.8 Å². The zero-order chi connectivity index (χ0) is 30.7. The molecule has 0 aliphatic carbocycles. The molecular formula is C27H34F6N2O6. The smallest absolute Gasteiger partial charge is 0.411 e. The number of carbonyl (C=O) groups excluding carboxylic acids is 1. The van der Waals surface area contributed by atoms with E-state index in [9.17, 15) is 31.1 Å². The highest BCUT2D eigenvalue weighted by atomic mass is 19.4. The largest absolute Gasteiger partial charge is 0.447 e. The molecule has 2 aromatic carbocycles. The van der Waals surface area contributed by atoms with Crippen LogP contribution in [0.3, 0.4) is 0 Å². The van der Waals surface area contributed by atoms with Crippen LogP contribution in [-0.2, 0) is 29.4 Å². The third-order valence-electron chi connectivity index (χ3n) is 5.54. The lowest BCUT2D eigenvalue weighted by atomic mass is 9.73. The van der Waals surface area contributed by atoms with E-state index in [0.717, 1.165) is 36.4 Å². The van der Waals surface area contributed by atoms with Crippen molar-refractivity contribution in [1.29, 1.82) is 0 Å². The fourth-order valence-electron chi connectivity index (χ4n) is 3.73. The molecule has 0 atom stereocenters. The van der Waals surface area contributed by atoms with Gasteiger partial charge in [0.25, 0.3) is 0 Å². The molecule has 0 unspecified atom stereocenters. The molecule has 0 radical (unpaired) electrons. The van der Waals surface area contributed by atoms with Crippen LogP contribution in [0.5, 0.6) is 0 Å². The van der Waals surface area contributed by atoms with Gasteiger partial charge in [-0.2, -0.15) is 26.3 Å². The van der Waals surface area contributed by atoms with Crippen molar-refractivity contribution in [2.75, 3.05) is 43.8 Å². The lowest BCUT2D eigenvalue weighted by Crippen LogP contribution is -2.54. The van der Waals surface area contributed by atoms with Gasteiger partial charge in [-0.1, -0.05) is 24.3 Å². The highest BCUT2D eigenvalue weighted by Crippen LogP contribution is 2.56. The minimum atomic E-state index is -5.76. The van der Waals surface area contributed by atoms with E-state index in [4.69, 9.17) is 24.0 Å². The summed E-state index contributed by atoms with van der Waals surface area (Å²) in [4.78, 5) is 21.6. The summed E-state index contributed by atoms with van der Waals surface area (Å²) < 4.78 is 102. The van der Waals surface area contributed by atoms with Crippen LogP contribution < -0.4 is 10.6 Å². The standard InChI is InChI=1S/C27H34F6N2O6/c1-18(2)37-13-14-39-24(36)35-23-11-7-21(8-12-23)25(26(28,29)30,27(31,32)33)20-5-9-22(10-6-20)34-17-41-40-16-15-38-19(3)4/h5-12,18-19,34H,13-17H2,1-4H3,(H,35,36). The maximum atomic E-state index is 14.4. The third kappa shape index (κ3) is 9.76. The summed E-state index contributed by atoms with van der Waals surface area (Å²) in [6.07, 6.45) is -12.5. The molecule has 0 heterocycles. The number of nitrogens with one attached hydrogen (secondary N) is 2. The van der Waals surface area contributed by atoms with Gasteiger partial charge in [0, 0.05) is 11.4 Å². The monoisotopic (exact) mass is 596 g/mol. The number of alkyl halides is 6. The zero-order valence-electron chi connectivity index (χ0n) is 23.0. The Balaban J connectivity index is 2.18. The van der Waals surface area contributed by atoms with E-state index in [1.807, 2.05) is 13.8 Å². The van der Waals surface area contributed by atoms with Gasteiger partial charge in [0.05, 0.1) is 25.4 Å². The van der Waals surface area contributed by atoms with Gasteiger partial charge >= 0.3 is 18.4 Å². The predicted molar refractivity (Wildman–Crippen MR) is 138 cm³/mol. The fraction of sp³-hybridized carbons (Fsp3) is 0.519. The maximum absolute atomic E-state index is 14.4.